The van der Waals surface area contributed by atoms with E-state index in [1.165, 1.54) is 11.9 Å². The van der Waals surface area contributed by atoms with E-state index in [4.69, 9.17) is 0 Å². The normalized spacial score (nSPS) is 17.1. The fourth-order valence-corrected chi connectivity index (χ4v) is 3.24. The Labute approximate surface area is 151 Å². The average molecular weight is 354 g/mol. The fourth-order valence-electron chi connectivity index (χ4n) is 3.24. The Morgan fingerprint density at radius 3 is 2.81 bits per heavy atom. The average Bonchev–Trinajstić information content (AvgIpc) is 2.62. The van der Waals surface area contributed by atoms with E-state index in [2.05, 4.69) is 15.6 Å². The number of pyridine rings is 1. The van der Waals surface area contributed by atoms with Crippen LogP contribution < -0.4 is 10.6 Å². The van der Waals surface area contributed by atoms with E-state index in [-0.39, 0.29) is 24.1 Å². The number of rotatable bonds is 3. The zero-order valence-corrected chi connectivity index (χ0v) is 15.1. The maximum absolute atomic E-state index is 13.3. The number of aryl methyl sites for hydroxylation is 2. The van der Waals surface area contributed by atoms with Gasteiger partial charge < -0.3 is 15.5 Å². The monoisotopic (exact) mass is 354 g/mol. The quantitative estimate of drug-likeness (QED) is 0.858. The molecule has 1 atom stereocenters. The smallest absolute Gasteiger partial charge is 0.255 e. The molecule has 2 N–H and O–H groups in total. The summed E-state index contributed by atoms with van der Waals surface area (Å²) in [4.78, 5) is 43.3. The van der Waals surface area contributed by atoms with Crippen LogP contribution in [0.4, 0.5) is 0 Å². The molecule has 7 heteroatoms. The van der Waals surface area contributed by atoms with Crippen LogP contribution in [-0.2, 0) is 9.59 Å². The van der Waals surface area contributed by atoms with Gasteiger partial charge in [0.2, 0.25) is 11.8 Å². The summed E-state index contributed by atoms with van der Waals surface area (Å²) in [6.07, 6.45) is -0.0604. The van der Waals surface area contributed by atoms with Gasteiger partial charge >= 0.3 is 0 Å². The van der Waals surface area contributed by atoms with Crippen LogP contribution in [0.25, 0.3) is 10.9 Å². The lowest BCUT2D eigenvalue weighted by Crippen LogP contribution is -2.58. The molecule has 1 aromatic carbocycles. The van der Waals surface area contributed by atoms with Crippen LogP contribution >= 0.6 is 0 Å². The molecule has 0 saturated carbocycles. The van der Waals surface area contributed by atoms with Crippen LogP contribution in [0.15, 0.2) is 24.3 Å². The number of nitrogens with one attached hydrogen (secondary N) is 2. The van der Waals surface area contributed by atoms with E-state index in [9.17, 15) is 14.4 Å². The molecule has 26 heavy (non-hydrogen) atoms. The van der Waals surface area contributed by atoms with Crippen molar-refractivity contribution in [2.24, 2.45) is 0 Å². The molecular weight excluding hydrogens is 332 g/mol. The summed E-state index contributed by atoms with van der Waals surface area (Å²) in [6, 6.07) is 6.69. The summed E-state index contributed by atoms with van der Waals surface area (Å²) >= 11 is 0. The van der Waals surface area contributed by atoms with Gasteiger partial charge in [0, 0.05) is 31.2 Å². The summed E-state index contributed by atoms with van der Waals surface area (Å²) in [6.45, 7) is 4.52. The fraction of sp³-hybridized carbons (Fsp3) is 0.368. The number of benzene rings is 1. The maximum atomic E-state index is 13.3. The van der Waals surface area contributed by atoms with E-state index in [1.54, 1.807) is 6.07 Å². The van der Waals surface area contributed by atoms with Crippen LogP contribution in [0.3, 0.4) is 0 Å². The van der Waals surface area contributed by atoms with Gasteiger partial charge in [-0.1, -0.05) is 11.6 Å². The summed E-state index contributed by atoms with van der Waals surface area (Å²) in [5.41, 5.74) is 3.00. The van der Waals surface area contributed by atoms with E-state index in [1.807, 2.05) is 32.0 Å². The molecule has 1 aliphatic rings. The number of hydrogen-bond donors (Lipinski definition) is 2. The minimum Gasteiger partial charge on any atom is -0.359 e. The van der Waals surface area contributed by atoms with Crippen LogP contribution in [0.2, 0.25) is 0 Å². The Balaban J connectivity index is 2.04. The molecule has 0 bridgehead atoms. The molecule has 1 aromatic heterocycles. The van der Waals surface area contributed by atoms with Crippen molar-refractivity contribution >= 4 is 28.6 Å². The predicted molar refractivity (Wildman–Crippen MR) is 97.7 cm³/mol. The van der Waals surface area contributed by atoms with Crippen LogP contribution in [-0.4, -0.2) is 53.8 Å². The minimum atomic E-state index is -0.815. The van der Waals surface area contributed by atoms with Crippen molar-refractivity contribution in [3.05, 3.63) is 41.1 Å². The second kappa shape index (κ2) is 7.11. The van der Waals surface area contributed by atoms with Gasteiger partial charge in [0.25, 0.3) is 5.91 Å². The third-order valence-corrected chi connectivity index (χ3v) is 4.57. The Kier molecular flexibility index (Phi) is 4.88. The number of hydrogen-bond acceptors (Lipinski definition) is 4. The van der Waals surface area contributed by atoms with Crippen molar-refractivity contribution in [2.45, 2.75) is 26.3 Å². The number of fused-ring (bicyclic) bond motifs is 1. The SMILES string of the molecule is CNC(=O)CC1C(=O)NCCN1C(=O)c1cc(C)nc2ccc(C)cc12. The molecule has 1 unspecified atom stereocenters. The number of aromatic nitrogens is 1. The molecule has 1 saturated heterocycles. The lowest BCUT2D eigenvalue weighted by Gasteiger charge is -2.35. The predicted octanol–water partition coefficient (Wildman–Crippen LogP) is 0.928. The number of nitrogens with zero attached hydrogens (tertiary/aromatic N) is 2. The topological polar surface area (TPSA) is 91.4 Å². The Morgan fingerprint density at radius 2 is 2.08 bits per heavy atom. The van der Waals surface area contributed by atoms with Crippen molar-refractivity contribution in [3.8, 4) is 0 Å². The first-order chi connectivity index (χ1) is 12.4. The Bertz CT molecular complexity index is 894. The number of piperazine rings is 1. The second-order valence-electron chi connectivity index (χ2n) is 6.51. The molecule has 0 spiro atoms. The number of amides is 3. The van der Waals surface area contributed by atoms with E-state index >= 15 is 0 Å². The number of carbonyl (C=O) groups is 3. The highest BCUT2D eigenvalue weighted by molar-refractivity contribution is 6.08. The van der Waals surface area contributed by atoms with Gasteiger partial charge in [0.05, 0.1) is 17.5 Å². The van der Waals surface area contributed by atoms with Gasteiger partial charge in [-0.25, -0.2) is 0 Å². The Morgan fingerprint density at radius 1 is 1.31 bits per heavy atom. The molecular formula is C19H22N4O3. The highest BCUT2D eigenvalue weighted by atomic mass is 16.2. The van der Waals surface area contributed by atoms with Gasteiger partial charge in [0.15, 0.2) is 0 Å². The standard InChI is InChI=1S/C19H22N4O3/c1-11-4-5-15-13(8-11)14(9-12(2)22-15)19(26)23-7-6-21-18(25)16(23)10-17(24)20-3/h4-5,8-9,16H,6-7,10H2,1-3H3,(H,20,24)(H,21,25). The summed E-state index contributed by atoms with van der Waals surface area (Å²) in [5.74, 6) is -0.842. The van der Waals surface area contributed by atoms with E-state index in [0.29, 0.717) is 18.7 Å². The minimum absolute atomic E-state index is 0.0604. The summed E-state index contributed by atoms with van der Waals surface area (Å²) < 4.78 is 0. The second-order valence-corrected chi connectivity index (χ2v) is 6.51. The van der Waals surface area contributed by atoms with Gasteiger partial charge in [-0.3, -0.25) is 19.4 Å². The molecule has 3 amide bonds. The maximum Gasteiger partial charge on any atom is 0.255 e. The molecule has 2 aromatic rings. The van der Waals surface area contributed by atoms with Gasteiger partial charge in [-0.2, -0.15) is 0 Å². The summed E-state index contributed by atoms with van der Waals surface area (Å²) in [7, 11) is 1.51. The van der Waals surface area contributed by atoms with Crippen LogP contribution in [0.5, 0.6) is 0 Å². The highest BCUT2D eigenvalue weighted by Gasteiger charge is 2.35. The third-order valence-electron chi connectivity index (χ3n) is 4.57. The zero-order chi connectivity index (χ0) is 18.8. The molecule has 2 heterocycles. The Hall–Kier alpha value is -2.96. The molecule has 7 nitrogen and oxygen atoms in total. The first-order valence-electron chi connectivity index (χ1n) is 8.58. The van der Waals surface area contributed by atoms with Crippen molar-refractivity contribution in [1.82, 2.24) is 20.5 Å². The first-order valence-corrected chi connectivity index (χ1v) is 8.58. The van der Waals surface area contributed by atoms with Crippen molar-refractivity contribution < 1.29 is 14.4 Å². The lowest BCUT2D eigenvalue weighted by molar-refractivity contribution is -0.132. The van der Waals surface area contributed by atoms with Crippen molar-refractivity contribution in [3.63, 3.8) is 0 Å². The largest absolute Gasteiger partial charge is 0.359 e. The van der Waals surface area contributed by atoms with Crippen molar-refractivity contribution in [2.75, 3.05) is 20.1 Å². The molecule has 0 aliphatic carbocycles. The number of carbonyl (C=O) groups excluding carboxylic acids is 3. The van der Waals surface area contributed by atoms with E-state index < -0.39 is 6.04 Å². The van der Waals surface area contributed by atoms with E-state index in [0.717, 1.165) is 22.2 Å². The van der Waals surface area contributed by atoms with Gasteiger partial charge in [-0.05, 0) is 32.0 Å². The summed E-state index contributed by atoms with van der Waals surface area (Å²) in [5, 5.41) is 6.00. The zero-order valence-electron chi connectivity index (χ0n) is 15.1. The van der Waals surface area contributed by atoms with Crippen molar-refractivity contribution in [1.29, 1.82) is 0 Å². The highest BCUT2D eigenvalue weighted by Crippen LogP contribution is 2.23. The molecule has 1 aliphatic heterocycles. The van der Waals surface area contributed by atoms with Gasteiger partial charge in [0.1, 0.15) is 6.04 Å². The van der Waals surface area contributed by atoms with Gasteiger partial charge in [-0.15, -0.1) is 0 Å². The third kappa shape index (κ3) is 3.37. The molecule has 0 radical (unpaired) electrons. The van der Waals surface area contributed by atoms with Crippen LogP contribution in [0.1, 0.15) is 28.0 Å². The first kappa shape index (κ1) is 17.8. The lowest BCUT2D eigenvalue weighted by atomic mass is 10.0. The molecule has 1 fully saturated rings. The molecule has 136 valence electrons. The van der Waals surface area contributed by atoms with Crippen LogP contribution in [0, 0.1) is 13.8 Å². The molecule has 3 rings (SSSR count).